The normalized spacial score (nSPS) is 33.0. The number of hydrogen-bond acceptors (Lipinski definition) is 2. The van der Waals surface area contributed by atoms with Crippen LogP contribution in [0.25, 0.3) is 0 Å². The molecule has 0 bridgehead atoms. The van der Waals surface area contributed by atoms with E-state index in [0.29, 0.717) is 12.5 Å². The van der Waals surface area contributed by atoms with Gasteiger partial charge < -0.3 is 10.8 Å². The van der Waals surface area contributed by atoms with Crippen LogP contribution in [-0.4, -0.2) is 17.8 Å². The molecule has 1 fully saturated rings. The predicted molar refractivity (Wildman–Crippen MR) is 73.8 cm³/mol. The van der Waals surface area contributed by atoms with Gasteiger partial charge in [0.2, 0.25) is 0 Å². The van der Waals surface area contributed by atoms with Gasteiger partial charge in [0.15, 0.2) is 0 Å². The van der Waals surface area contributed by atoms with Gasteiger partial charge in [0.05, 0.1) is 6.10 Å². The lowest BCUT2D eigenvalue weighted by Crippen LogP contribution is -2.53. The first-order valence-corrected chi connectivity index (χ1v) is 7.30. The summed E-state index contributed by atoms with van der Waals surface area (Å²) in [6, 6.07) is 0. The summed E-state index contributed by atoms with van der Waals surface area (Å²) in [5, 5.41) is 10.7. The summed E-state index contributed by atoms with van der Waals surface area (Å²) in [7, 11) is 0. The quantitative estimate of drug-likeness (QED) is 0.775. The lowest BCUT2D eigenvalue weighted by Gasteiger charge is -2.50. The monoisotopic (exact) mass is 241 g/mol. The minimum Gasteiger partial charge on any atom is -0.392 e. The second-order valence-electron chi connectivity index (χ2n) is 6.70. The van der Waals surface area contributed by atoms with Crippen LogP contribution < -0.4 is 5.73 Å². The molecule has 0 amide bonds. The molecule has 0 spiro atoms. The zero-order chi connectivity index (χ0) is 13.1. The van der Waals surface area contributed by atoms with Crippen LogP contribution in [0.1, 0.15) is 66.2 Å². The maximum Gasteiger partial charge on any atom is 0.0659 e. The average Bonchev–Trinajstić information content (AvgIpc) is 2.31. The summed E-state index contributed by atoms with van der Waals surface area (Å²) in [5.74, 6) is 0.710. The van der Waals surface area contributed by atoms with Crippen LogP contribution in [0.2, 0.25) is 0 Å². The Labute approximate surface area is 107 Å². The topological polar surface area (TPSA) is 46.2 Å². The molecule has 1 rings (SSSR count). The van der Waals surface area contributed by atoms with Gasteiger partial charge in [-0.15, -0.1) is 0 Å². The molecule has 102 valence electrons. The molecule has 0 radical (unpaired) electrons. The minimum atomic E-state index is -0.241. The van der Waals surface area contributed by atoms with Gasteiger partial charge in [-0.05, 0) is 30.6 Å². The van der Waals surface area contributed by atoms with Crippen LogP contribution in [0.5, 0.6) is 0 Å². The molecule has 2 unspecified atom stereocenters. The third kappa shape index (κ3) is 3.03. The van der Waals surface area contributed by atoms with E-state index in [-0.39, 0.29) is 16.9 Å². The molecule has 1 saturated carbocycles. The molecule has 3 N–H and O–H groups in total. The van der Waals surface area contributed by atoms with Gasteiger partial charge in [0, 0.05) is 12.0 Å². The fourth-order valence-corrected chi connectivity index (χ4v) is 3.66. The van der Waals surface area contributed by atoms with Gasteiger partial charge >= 0.3 is 0 Å². The lowest BCUT2D eigenvalue weighted by molar-refractivity contribution is -0.0991. The maximum atomic E-state index is 10.7. The molecule has 0 heterocycles. The zero-order valence-electron chi connectivity index (χ0n) is 12.1. The Morgan fingerprint density at radius 3 is 2.29 bits per heavy atom. The molecule has 0 saturated heterocycles. The fourth-order valence-electron chi connectivity index (χ4n) is 3.66. The first-order valence-electron chi connectivity index (χ1n) is 7.30. The van der Waals surface area contributed by atoms with Crippen molar-refractivity contribution in [1.29, 1.82) is 0 Å². The van der Waals surface area contributed by atoms with Gasteiger partial charge in [-0.3, -0.25) is 0 Å². The summed E-state index contributed by atoms with van der Waals surface area (Å²) in [6.45, 7) is 9.51. The molecule has 1 aliphatic rings. The van der Waals surface area contributed by atoms with E-state index in [1.807, 2.05) is 0 Å². The third-order valence-electron chi connectivity index (χ3n) is 5.07. The van der Waals surface area contributed by atoms with Crippen LogP contribution in [0.15, 0.2) is 0 Å². The highest BCUT2D eigenvalue weighted by molar-refractivity contribution is 4.99. The smallest absolute Gasteiger partial charge is 0.0659 e. The Bertz CT molecular complexity index is 235. The average molecular weight is 241 g/mol. The fraction of sp³-hybridized carbons (Fsp3) is 1.00. The molecule has 2 heteroatoms. The van der Waals surface area contributed by atoms with E-state index in [4.69, 9.17) is 5.73 Å². The molecule has 0 aromatic heterocycles. The second kappa shape index (κ2) is 5.71. The standard InChI is InChI=1S/C15H31NO/c1-5-12(6-2)10-15(11-16)9-7-8-14(3,4)13(15)17/h12-13,17H,5-11,16H2,1-4H3. The van der Waals surface area contributed by atoms with Crippen molar-refractivity contribution in [3.63, 3.8) is 0 Å². The van der Waals surface area contributed by atoms with E-state index in [2.05, 4.69) is 27.7 Å². The number of hydrogen-bond donors (Lipinski definition) is 2. The van der Waals surface area contributed by atoms with E-state index >= 15 is 0 Å². The molecular formula is C15H31NO. The number of nitrogens with two attached hydrogens (primary N) is 1. The second-order valence-corrected chi connectivity index (χ2v) is 6.70. The van der Waals surface area contributed by atoms with E-state index in [1.165, 1.54) is 19.3 Å². The van der Waals surface area contributed by atoms with Gasteiger partial charge in [-0.1, -0.05) is 47.0 Å². The van der Waals surface area contributed by atoms with Gasteiger partial charge in [0.1, 0.15) is 0 Å². The molecular weight excluding hydrogens is 210 g/mol. The number of aliphatic hydroxyl groups excluding tert-OH is 1. The summed E-state index contributed by atoms with van der Waals surface area (Å²) < 4.78 is 0. The van der Waals surface area contributed by atoms with E-state index in [9.17, 15) is 5.11 Å². The summed E-state index contributed by atoms with van der Waals surface area (Å²) in [4.78, 5) is 0. The van der Waals surface area contributed by atoms with Crippen LogP contribution in [0.4, 0.5) is 0 Å². The van der Waals surface area contributed by atoms with Crippen molar-refractivity contribution >= 4 is 0 Å². The van der Waals surface area contributed by atoms with Crippen LogP contribution in [-0.2, 0) is 0 Å². The van der Waals surface area contributed by atoms with Crippen molar-refractivity contribution in [3.8, 4) is 0 Å². The van der Waals surface area contributed by atoms with E-state index < -0.39 is 0 Å². The summed E-state index contributed by atoms with van der Waals surface area (Å²) >= 11 is 0. The molecule has 1 aliphatic carbocycles. The zero-order valence-corrected chi connectivity index (χ0v) is 12.1. The molecule has 17 heavy (non-hydrogen) atoms. The molecule has 0 aliphatic heterocycles. The Hall–Kier alpha value is -0.0800. The van der Waals surface area contributed by atoms with Crippen LogP contribution in [0, 0.1) is 16.7 Å². The SMILES string of the molecule is CCC(CC)CC1(CN)CCCC(C)(C)C1O. The summed E-state index contributed by atoms with van der Waals surface area (Å²) in [6.07, 6.45) is 6.69. The van der Waals surface area contributed by atoms with Crippen LogP contribution >= 0.6 is 0 Å². The van der Waals surface area contributed by atoms with E-state index in [0.717, 1.165) is 19.3 Å². The first kappa shape index (κ1) is 15.0. The van der Waals surface area contributed by atoms with Crippen molar-refractivity contribution in [3.05, 3.63) is 0 Å². The number of aliphatic hydroxyl groups is 1. The highest BCUT2D eigenvalue weighted by Crippen LogP contribution is 2.49. The lowest BCUT2D eigenvalue weighted by atomic mass is 9.58. The highest BCUT2D eigenvalue weighted by Gasteiger charge is 2.48. The largest absolute Gasteiger partial charge is 0.392 e. The van der Waals surface area contributed by atoms with Gasteiger partial charge in [-0.25, -0.2) is 0 Å². The van der Waals surface area contributed by atoms with Crippen LogP contribution in [0.3, 0.4) is 0 Å². The minimum absolute atomic E-state index is 0.0293. The van der Waals surface area contributed by atoms with Gasteiger partial charge in [-0.2, -0.15) is 0 Å². The summed E-state index contributed by atoms with van der Waals surface area (Å²) in [5.41, 5.74) is 6.05. The van der Waals surface area contributed by atoms with Gasteiger partial charge in [0.25, 0.3) is 0 Å². The van der Waals surface area contributed by atoms with Crippen molar-refractivity contribution in [2.24, 2.45) is 22.5 Å². The molecule has 0 aromatic carbocycles. The molecule has 0 aromatic rings. The Morgan fingerprint density at radius 2 is 1.82 bits per heavy atom. The van der Waals surface area contributed by atoms with Crippen molar-refractivity contribution in [2.45, 2.75) is 72.3 Å². The van der Waals surface area contributed by atoms with Crippen molar-refractivity contribution in [1.82, 2.24) is 0 Å². The van der Waals surface area contributed by atoms with E-state index in [1.54, 1.807) is 0 Å². The molecule has 2 atom stereocenters. The molecule has 2 nitrogen and oxygen atoms in total. The third-order valence-corrected chi connectivity index (χ3v) is 5.07. The first-order chi connectivity index (χ1) is 7.91. The number of rotatable bonds is 5. The Balaban J connectivity index is 2.86. The highest BCUT2D eigenvalue weighted by atomic mass is 16.3. The Morgan fingerprint density at radius 1 is 1.24 bits per heavy atom. The van der Waals surface area contributed by atoms with Crippen molar-refractivity contribution < 1.29 is 5.11 Å². The maximum absolute atomic E-state index is 10.7. The predicted octanol–water partition coefficient (Wildman–Crippen LogP) is 3.33. The van der Waals surface area contributed by atoms with Crippen molar-refractivity contribution in [2.75, 3.05) is 6.54 Å². The Kier molecular flexibility index (Phi) is 5.03.